The van der Waals surface area contributed by atoms with E-state index in [1.807, 2.05) is 26.0 Å². The van der Waals surface area contributed by atoms with Crippen LogP contribution in [0.25, 0.3) is 0 Å². The predicted molar refractivity (Wildman–Crippen MR) is 81.1 cm³/mol. The second-order valence-electron chi connectivity index (χ2n) is 4.11. The highest BCUT2D eigenvalue weighted by Gasteiger charge is 2.02. The molecule has 0 spiro atoms. The molecule has 1 rings (SSSR count). The Morgan fingerprint density at radius 1 is 1.32 bits per heavy atom. The molecule has 6 heteroatoms. The fourth-order valence-electron chi connectivity index (χ4n) is 1.38. The molecule has 2 N–H and O–H groups in total. The molecule has 0 radical (unpaired) electrons. The van der Waals surface area contributed by atoms with Crippen molar-refractivity contribution in [2.24, 2.45) is 5.10 Å². The van der Waals surface area contributed by atoms with Crippen molar-refractivity contribution in [2.75, 3.05) is 14.2 Å². The average molecular weight is 281 g/mol. The zero-order valence-corrected chi connectivity index (χ0v) is 12.4. The maximum absolute atomic E-state index is 5.26. The molecule has 0 aliphatic rings. The summed E-state index contributed by atoms with van der Waals surface area (Å²) in [6.45, 7) is 4.01. The van der Waals surface area contributed by atoms with Crippen molar-refractivity contribution in [1.82, 2.24) is 10.7 Å². The standard InChI is InChI=1S/C13H19N3O2S/c1-9(2)15-13(19)16-14-8-10-5-6-11(17-3)7-12(10)18-4/h5-9H,1-4H3,(H2,15,16,19)/b14-8+. The number of hydrogen-bond acceptors (Lipinski definition) is 4. The zero-order chi connectivity index (χ0) is 14.3. The highest BCUT2D eigenvalue weighted by atomic mass is 32.1. The summed E-state index contributed by atoms with van der Waals surface area (Å²) in [4.78, 5) is 0. The average Bonchev–Trinajstić information content (AvgIpc) is 2.38. The van der Waals surface area contributed by atoms with Crippen LogP contribution in [0.15, 0.2) is 23.3 Å². The minimum atomic E-state index is 0.269. The summed E-state index contributed by atoms with van der Waals surface area (Å²) >= 11 is 5.06. The molecule has 0 saturated carbocycles. The van der Waals surface area contributed by atoms with E-state index in [0.29, 0.717) is 10.9 Å². The van der Waals surface area contributed by atoms with Gasteiger partial charge in [0.05, 0.1) is 20.4 Å². The van der Waals surface area contributed by atoms with Gasteiger partial charge in [0.25, 0.3) is 0 Å². The third-order valence-electron chi connectivity index (χ3n) is 2.23. The highest BCUT2D eigenvalue weighted by molar-refractivity contribution is 7.80. The normalized spacial score (nSPS) is 10.6. The largest absolute Gasteiger partial charge is 0.497 e. The van der Waals surface area contributed by atoms with Gasteiger partial charge in [0, 0.05) is 17.7 Å². The lowest BCUT2D eigenvalue weighted by molar-refractivity contribution is 0.394. The van der Waals surface area contributed by atoms with E-state index in [1.54, 1.807) is 26.5 Å². The van der Waals surface area contributed by atoms with Gasteiger partial charge in [-0.15, -0.1) is 0 Å². The summed E-state index contributed by atoms with van der Waals surface area (Å²) in [5.41, 5.74) is 3.58. The predicted octanol–water partition coefficient (Wildman–Crippen LogP) is 1.91. The number of ether oxygens (including phenoxy) is 2. The molecule has 104 valence electrons. The molecular formula is C13H19N3O2S. The molecule has 0 unspecified atom stereocenters. The van der Waals surface area contributed by atoms with Crippen LogP contribution in [0, 0.1) is 0 Å². The number of hydrogen-bond donors (Lipinski definition) is 2. The van der Waals surface area contributed by atoms with Crippen LogP contribution in [0.4, 0.5) is 0 Å². The summed E-state index contributed by atoms with van der Waals surface area (Å²) in [5.74, 6) is 1.42. The van der Waals surface area contributed by atoms with Gasteiger partial charge in [0.15, 0.2) is 5.11 Å². The van der Waals surface area contributed by atoms with E-state index < -0.39 is 0 Å². The molecule has 1 aromatic rings. The van der Waals surface area contributed by atoms with Gasteiger partial charge < -0.3 is 14.8 Å². The Kier molecular flexibility index (Phi) is 6.08. The Balaban J connectivity index is 2.68. The van der Waals surface area contributed by atoms with Crippen LogP contribution < -0.4 is 20.2 Å². The number of nitrogens with zero attached hydrogens (tertiary/aromatic N) is 1. The van der Waals surface area contributed by atoms with Crippen molar-refractivity contribution in [3.8, 4) is 11.5 Å². The van der Waals surface area contributed by atoms with Gasteiger partial charge in [-0.2, -0.15) is 5.10 Å². The first kappa shape index (κ1) is 15.2. The van der Waals surface area contributed by atoms with Crippen molar-refractivity contribution >= 4 is 23.5 Å². The molecule has 0 atom stereocenters. The number of benzene rings is 1. The highest BCUT2D eigenvalue weighted by Crippen LogP contribution is 2.22. The molecule has 19 heavy (non-hydrogen) atoms. The second kappa shape index (κ2) is 7.58. The van der Waals surface area contributed by atoms with Crippen molar-refractivity contribution in [2.45, 2.75) is 19.9 Å². The van der Waals surface area contributed by atoms with Crippen LogP contribution >= 0.6 is 12.2 Å². The number of nitrogens with one attached hydrogen (secondary N) is 2. The smallest absolute Gasteiger partial charge is 0.187 e. The van der Waals surface area contributed by atoms with Gasteiger partial charge in [-0.05, 0) is 38.2 Å². The molecule has 5 nitrogen and oxygen atoms in total. The molecule has 1 aromatic carbocycles. The van der Waals surface area contributed by atoms with Crippen LogP contribution in [-0.2, 0) is 0 Å². The summed E-state index contributed by atoms with van der Waals surface area (Å²) < 4.78 is 10.4. The van der Waals surface area contributed by atoms with Crippen molar-refractivity contribution in [1.29, 1.82) is 0 Å². The van der Waals surface area contributed by atoms with Crippen LogP contribution in [0.2, 0.25) is 0 Å². The molecule has 0 saturated heterocycles. The van der Waals surface area contributed by atoms with Crippen molar-refractivity contribution in [3.63, 3.8) is 0 Å². The monoisotopic (exact) mass is 281 g/mol. The topological polar surface area (TPSA) is 54.9 Å². The van der Waals surface area contributed by atoms with Gasteiger partial charge in [0.2, 0.25) is 0 Å². The maximum atomic E-state index is 5.26. The number of methoxy groups -OCH3 is 2. The fraction of sp³-hybridized carbons (Fsp3) is 0.385. The van der Waals surface area contributed by atoms with Crippen LogP contribution in [0.3, 0.4) is 0 Å². The third kappa shape index (κ3) is 5.13. The number of thiocarbonyl (C=S) groups is 1. The quantitative estimate of drug-likeness (QED) is 0.490. The first-order chi connectivity index (χ1) is 9.06. The van der Waals surface area contributed by atoms with E-state index in [0.717, 1.165) is 11.3 Å². The van der Waals surface area contributed by atoms with Crippen LogP contribution in [0.5, 0.6) is 11.5 Å². The Morgan fingerprint density at radius 3 is 2.63 bits per heavy atom. The first-order valence-corrected chi connectivity index (χ1v) is 6.29. The van der Waals surface area contributed by atoms with E-state index in [-0.39, 0.29) is 6.04 Å². The maximum Gasteiger partial charge on any atom is 0.187 e. The van der Waals surface area contributed by atoms with Crippen molar-refractivity contribution < 1.29 is 9.47 Å². The lowest BCUT2D eigenvalue weighted by atomic mass is 10.2. The molecule has 0 bridgehead atoms. The molecular weight excluding hydrogens is 262 g/mol. The Hall–Kier alpha value is -1.82. The van der Waals surface area contributed by atoms with E-state index >= 15 is 0 Å². The van der Waals surface area contributed by atoms with E-state index in [4.69, 9.17) is 21.7 Å². The van der Waals surface area contributed by atoms with E-state index in [2.05, 4.69) is 15.8 Å². The summed E-state index contributed by atoms with van der Waals surface area (Å²) in [6, 6.07) is 5.77. The second-order valence-corrected chi connectivity index (χ2v) is 4.51. The first-order valence-electron chi connectivity index (χ1n) is 5.88. The Labute approximate surface area is 119 Å². The van der Waals surface area contributed by atoms with Gasteiger partial charge >= 0.3 is 0 Å². The van der Waals surface area contributed by atoms with Gasteiger partial charge in [-0.1, -0.05) is 0 Å². The molecule has 0 aliphatic heterocycles. The lowest BCUT2D eigenvalue weighted by Gasteiger charge is -2.10. The van der Waals surface area contributed by atoms with Crippen LogP contribution in [0.1, 0.15) is 19.4 Å². The minimum absolute atomic E-state index is 0.269. The summed E-state index contributed by atoms with van der Waals surface area (Å²) in [5, 5.41) is 7.58. The Bertz CT molecular complexity index is 461. The summed E-state index contributed by atoms with van der Waals surface area (Å²) in [7, 11) is 3.21. The zero-order valence-electron chi connectivity index (χ0n) is 11.6. The number of hydrazone groups is 1. The van der Waals surface area contributed by atoms with Gasteiger partial charge in [0.1, 0.15) is 11.5 Å². The van der Waals surface area contributed by atoms with E-state index in [1.165, 1.54) is 0 Å². The SMILES string of the molecule is COc1ccc(/C=N/NC(=S)NC(C)C)c(OC)c1. The van der Waals surface area contributed by atoms with Gasteiger partial charge in [-0.3, -0.25) is 5.43 Å². The fourth-order valence-corrected chi connectivity index (χ4v) is 1.67. The lowest BCUT2D eigenvalue weighted by Crippen LogP contribution is -2.36. The molecule has 0 aromatic heterocycles. The Morgan fingerprint density at radius 2 is 2.05 bits per heavy atom. The number of rotatable bonds is 5. The van der Waals surface area contributed by atoms with Crippen molar-refractivity contribution in [3.05, 3.63) is 23.8 Å². The van der Waals surface area contributed by atoms with Gasteiger partial charge in [-0.25, -0.2) is 0 Å². The molecule has 0 fully saturated rings. The van der Waals surface area contributed by atoms with Crippen LogP contribution in [-0.4, -0.2) is 31.6 Å². The molecule has 0 amide bonds. The molecule has 0 heterocycles. The third-order valence-corrected chi connectivity index (χ3v) is 2.44. The summed E-state index contributed by atoms with van der Waals surface area (Å²) in [6.07, 6.45) is 1.65. The molecule has 0 aliphatic carbocycles. The minimum Gasteiger partial charge on any atom is -0.497 e. The van der Waals surface area contributed by atoms with E-state index in [9.17, 15) is 0 Å².